The molecule has 1 saturated heterocycles. The predicted molar refractivity (Wildman–Crippen MR) is 108 cm³/mol. The number of carbonyl (C=O) groups excluding carboxylic acids is 1. The van der Waals surface area contributed by atoms with Crippen LogP contribution in [0.5, 0.6) is 0 Å². The number of rotatable bonds is 5. The number of amides is 1. The lowest BCUT2D eigenvalue weighted by Crippen LogP contribution is -2.49. The normalized spacial score (nSPS) is 17.9. The lowest BCUT2D eigenvalue weighted by Gasteiger charge is -2.40. The number of aryl methyl sites for hydroxylation is 1. The second-order valence-electron chi connectivity index (χ2n) is 7.37. The number of fused-ring (bicyclic) bond motifs is 1. The number of oxazole rings is 1. The minimum absolute atomic E-state index is 0.0740. The fourth-order valence-corrected chi connectivity index (χ4v) is 3.94. The number of hydrogen-bond acceptors (Lipinski definition) is 4. The summed E-state index contributed by atoms with van der Waals surface area (Å²) in [6.45, 7) is 2.91. The molecule has 28 heavy (non-hydrogen) atoms. The summed E-state index contributed by atoms with van der Waals surface area (Å²) in [7, 11) is 2.09. The predicted octanol–water partition coefficient (Wildman–Crippen LogP) is 2.89. The second-order valence-corrected chi connectivity index (χ2v) is 7.37. The Labute approximate surface area is 164 Å². The van der Waals surface area contributed by atoms with E-state index in [0.717, 1.165) is 25.2 Å². The Balaban J connectivity index is 1.43. The highest BCUT2D eigenvalue weighted by Gasteiger charge is 2.29. The van der Waals surface area contributed by atoms with E-state index in [-0.39, 0.29) is 17.7 Å². The van der Waals surface area contributed by atoms with Crippen LogP contribution in [0.15, 0.2) is 63.8 Å². The molecule has 4 rings (SSSR count). The molecule has 3 aromatic rings. The fraction of sp³-hybridized carbons (Fsp3) is 0.364. The van der Waals surface area contributed by atoms with Crippen LogP contribution in [0.3, 0.4) is 0 Å². The monoisotopic (exact) mass is 379 g/mol. The standard InChI is InChI=1S/C22H25N3O3/c1-23-14-15-24(19(16-23)17-8-3-2-4-9-17)21(26)12-7-13-25-18-10-5-6-11-20(18)28-22(25)27/h2-6,8-11,19H,7,12-16H2,1H3/t19-/m1/s1. The number of likely N-dealkylation sites (N-methyl/N-ethyl adjacent to an activating group) is 1. The Morgan fingerprint density at radius 1 is 1.07 bits per heavy atom. The summed E-state index contributed by atoms with van der Waals surface area (Å²) in [6, 6.07) is 17.7. The molecule has 1 amide bonds. The first-order chi connectivity index (χ1) is 13.6. The molecular weight excluding hydrogens is 354 g/mol. The van der Waals surface area contributed by atoms with Gasteiger partial charge in [-0.15, -0.1) is 0 Å². The van der Waals surface area contributed by atoms with Gasteiger partial charge in [0.1, 0.15) is 0 Å². The Hall–Kier alpha value is -2.86. The van der Waals surface area contributed by atoms with Gasteiger partial charge in [0.2, 0.25) is 5.91 Å². The molecule has 0 unspecified atom stereocenters. The lowest BCUT2D eigenvalue weighted by molar-refractivity contribution is -0.136. The van der Waals surface area contributed by atoms with E-state index >= 15 is 0 Å². The molecular formula is C22H25N3O3. The van der Waals surface area contributed by atoms with Crippen molar-refractivity contribution in [2.75, 3.05) is 26.7 Å². The van der Waals surface area contributed by atoms with Crippen LogP contribution in [0.25, 0.3) is 11.1 Å². The SMILES string of the molecule is CN1CCN(C(=O)CCCn2c(=O)oc3ccccc32)[C@@H](c2ccccc2)C1. The van der Waals surface area contributed by atoms with E-state index in [1.54, 1.807) is 10.6 Å². The maximum Gasteiger partial charge on any atom is 0.419 e. The van der Waals surface area contributed by atoms with Crippen molar-refractivity contribution in [1.82, 2.24) is 14.4 Å². The van der Waals surface area contributed by atoms with E-state index in [4.69, 9.17) is 4.42 Å². The zero-order chi connectivity index (χ0) is 19.5. The highest BCUT2D eigenvalue weighted by Crippen LogP contribution is 2.25. The van der Waals surface area contributed by atoms with E-state index in [1.807, 2.05) is 41.3 Å². The smallest absolute Gasteiger partial charge is 0.408 e. The molecule has 0 saturated carbocycles. The van der Waals surface area contributed by atoms with Crippen LogP contribution in [0.1, 0.15) is 24.4 Å². The topological polar surface area (TPSA) is 58.7 Å². The van der Waals surface area contributed by atoms with Gasteiger partial charge in [-0.05, 0) is 31.2 Å². The Kier molecular flexibility index (Phi) is 5.30. The molecule has 6 nitrogen and oxygen atoms in total. The highest BCUT2D eigenvalue weighted by atomic mass is 16.4. The number of benzene rings is 2. The van der Waals surface area contributed by atoms with Crippen LogP contribution >= 0.6 is 0 Å². The lowest BCUT2D eigenvalue weighted by atomic mass is 10.0. The third kappa shape index (κ3) is 3.73. The van der Waals surface area contributed by atoms with Gasteiger partial charge in [-0.3, -0.25) is 9.36 Å². The molecule has 0 N–H and O–H groups in total. The van der Waals surface area contributed by atoms with Gasteiger partial charge in [-0.2, -0.15) is 0 Å². The van der Waals surface area contributed by atoms with Gasteiger partial charge in [-0.25, -0.2) is 4.79 Å². The van der Waals surface area contributed by atoms with E-state index in [1.165, 1.54) is 5.56 Å². The first-order valence-electron chi connectivity index (χ1n) is 9.75. The quantitative estimate of drug-likeness (QED) is 0.684. The van der Waals surface area contributed by atoms with Crippen LogP contribution < -0.4 is 5.76 Å². The summed E-state index contributed by atoms with van der Waals surface area (Å²) in [5, 5.41) is 0. The fourth-order valence-electron chi connectivity index (χ4n) is 3.94. The van der Waals surface area contributed by atoms with Crippen LogP contribution in [-0.4, -0.2) is 47.0 Å². The first-order valence-corrected chi connectivity index (χ1v) is 9.75. The number of aromatic nitrogens is 1. The minimum Gasteiger partial charge on any atom is -0.408 e. The summed E-state index contributed by atoms with van der Waals surface area (Å²) in [5.74, 6) is -0.224. The Morgan fingerprint density at radius 3 is 2.64 bits per heavy atom. The third-order valence-corrected chi connectivity index (χ3v) is 5.43. The van der Waals surface area contributed by atoms with Crippen molar-refractivity contribution < 1.29 is 9.21 Å². The zero-order valence-corrected chi connectivity index (χ0v) is 16.1. The zero-order valence-electron chi connectivity index (χ0n) is 16.1. The Bertz CT molecular complexity index is 1010. The van der Waals surface area contributed by atoms with Gasteiger partial charge in [0.05, 0.1) is 11.6 Å². The molecule has 1 aliphatic rings. The molecule has 2 aromatic carbocycles. The number of para-hydroxylation sites is 2. The van der Waals surface area contributed by atoms with Crippen LogP contribution in [-0.2, 0) is 11.3 Å². The van der Waals surface area contributed by atoms with E-state index in [9.17, 15) is 9.59 Å². The van der Waals surface area contributed by atoms with E-state index in [2.05, 4.69) is 24.1 Å². The largest absolute Gasteiger partial charge is 0.419 e. The average Bonchev–Trinajstić information content (AvgIpc) is 3.04. The van der Waals surface area contributed by atoms with Gasteiger partial charge < -0.3 is 14.2 Å². The van der Waals surface area contributed by atoms with Crippen LogP contribution in [0.4, 0.5) is 0 Å². The summed E-state index contributed by atoms with van der Waals surface area (Å²) < 4.78 is 6.88. The average molecular weight is 379 g/mol. The third-order valence-electron chi connectivity index (χ3n) is 5.43. The second kappa shape index (κ2) is 8.02. The molecule has 0 spiro atoms. The molecule has 146 valence electrons. The first kappa shape index (κ1) is 18.5. The molecule has 1 aliphatic heterocycles. The summed E-state index contributed by atoms with van der Waals surface area (Å²) in [4.78, 5) is 29.3. The summed E-state index contributed by atoms with van der Waals surface area (Å²) in [6.07, 6.45) is 1.02. The minimum atomic E-state index is -0.365. The van der Waals surface area contributed by atoms with Crippen molar-refractivity contribution in [3.63, 3.8) is 0 Å². The molecule has 0 aliphatic carbocycles. The number of piperazine rings is 1. The van der Waals surface area contributed by atoms with Gasteiger partial charge in [0.15, 0.2) is 5.58 Å². The van der Waals surface area contributed by atoms with Gasteiger partial charge >= 0.3 is 5.76 Å². The molecule has 6 heteroatoms. The maximum absolute atomic E-state index is 13.0. The van der Waals surface area contributed by atoms with Gasteiger partial charge in [-0.1, -0.05) is 42.5 Å². The van der Waals surface area contributed by atoms with Gasteiger partial charge in [0, 0.05) is 32.6 Å². The van der Waals surface area contributed by atoms with E-state index < -0.39 is 0 Å². The van der Waals surface area contributed by atoms with E-state index in [0.29, 0.717) is 25.0 Å². The van der Waals surface area contributed by atoms with Crippen molar-refractivity contribution in [2.24, 2.45) is 0 Å². The van der Waals surface area contributed by atoms with Crippen LogP contribution in [0, 0.1) is 0 Å². The molecule has 1 atom stereocenters. The number of carbonyl (C=O) groups is 1. The van der Waals surface area contributed by atoms with Gasteiger partial charge in [0.25, 0.3) is 0 Å². The molecule has 0 radical (unpaired) electrons. The van der Waals surface area contributed by atoms with Crippen molar-refractivity contribution in [3.05, 3.63) is 70.7 Å². The molecule has 1 fully saturated rings. The van der Waals surface area contributed by atoms with Crippen molar-refractivity contribution in [3.8, 4) is 0 Å². The number of nitrogens with zero attached hydrogens (tertiary/aromatic N) is 3. The van der Waals surface area contributed by atoms with Crippen molar-refractivity contribution in [2.45, 2.75) is 25.4 Å². The highest BCUT2D eigenvalue weighted by molar-refractivity contribution is 5.77. The van der Waals surface area contributed by atoms with Crippen molar-refractivity contribution >= 4 is 17.0 Å². The number of hydrogen-bond donors (Lipinski definition) is 0. The summed E-state index contributed by atoms with van der Waals surface area (Å²) >= 11 is 0. The molecule has 1 aromatic heterocycles. The van der Waals surface area contributed by atoms with Crippen molar-refractivity contribution in [1.29, 1.82) is 0 Å². The molecule has 0 bridgehead atoms. The summed E-state index contributed by atoms with van der Waals surface area (Å²) in [5.41, 5.74) is 2.53. The Morgan fingerprint density at radius 2 is 1.82 bits per heavy atom. The van der Waals surface area contributed by atoms with Crippen LogP contribution in [0.2, 0.25) is 0 Å². The molecule has 2 heterocycles. The maximum atomic E-state index is 13.0.